The zero-order valence-corrected chi connectivity index (χ0v) is 11.7. The highest BCUT2D eigenvalue weighted by molar-refractivity contribution is 9.10. The summed E-state index contributed by atoms with van der Waals surface area (Å²) in [5, 5.41) is 11.0. The number of benzene rings is 2. The molecule has 1 unspecified atom stereocenters. The average molecular weight is 312 g/mol. The van der Waals surface area contributed by atoms with Crippen LogP contribution in [0.4, 0.5) is 0 Å². The summed E-state index contributed by atoms with van der Waals surface area (Å²) in [6.45, 7) is 1.95. The maximum atomic E-state index is 10.3. The van der Waals surface area contributed by atoms with Crippen LogP contribution in [0, 0.1) is 6.92 Å². The lowest BCUT2D eigenvalue weighted by Gasteiger charge is -2.14. The third-order valence-corrected chi connectivity index (χ3v) is 3.42. The van der Waals surface area contributed by atoms with Crippen molar-refractivity contribution >= 4 is 27.5 Å². The van der Waals surface area contributed by atoms with Gasteiger partial charge < -0.3 is 5.11 Å². The molecule has 0 saturated heterocycles. The van der Waals surface area contributed by atoms with Crippen LogP contribution in [0.25, 0.3) is 0 Å². The van der Waals surface area contributed by atoms with Gasteiger partial charge in [0, 0.05) is 9.50 Å². The molecule has 0 aliphatic carbocycles. The normalized spacial score (nSPS) is 12.5. The summed E-state index contributed by atoms with van der Waals surface area (Å²) < 4.78 is 0.959. The summed E-state index contributed by atoms with van der Waals surface area (Å²) in [5.41, 5.74) is 2.74. The second kappa shape index (κ2) is 5.21. The molecule has 0 radical (unpaired) electrons. The second-order valence-corrected chi connectivity index (χ2v) is 5.31. The van der Waals surface area contributed by atoms with E-state index in [0.29, 0.717) is 5.02 Å². The molecule has 0 aromatic heterocycles. The molecular weight excluding hydrogens is 300 g/mol. The molecule has 2 aromatic carbocycles. The number of aliphatic hydroxyl groups excluding tert-OH is 1. The lowest BCUT2D eigenvalue weighted by Crippen LogP contribution is -2.01. The van der Waals surface area contributed by atoms with E-state index in [1.54, 1.807) is 6.07 Å². The topological polar surface area (TPSA) is 20.2 Å². The predicted molar refractivity (Wildman–Crippen MR) is 74.4 cm³/mol. The van der Waals surface area contributed by atoms with Crippen LogP contribution in [0.5, 0.6) is 0 Å². The monoisotopic (exact) mass is 310 g/mol. The zero-order chi connectivity index (χ0) is 12.4. The predicted octanol–water partition coefficient (Wildman–Crippen LogP) is 4.49. The van der Waals surface area contributed by atoms with Gasteiger partial charge in [0.15, 0.2) is 0 Å². The Morgan fingerprint density at radius 1 is 1.18 bits per heavy atom. The van der Waals surface area contributed by atoms with Crippen LogP contribution >= 0.6 is 27.5 Å². The molecule has 1 nitrogen and oxygen atoms in total. The Balaban J connectivity index is 2.40. The Morgan fingerprint density at radius 2 is 1.94 bits per heavy atom. The van der Waals surface area contributed by atoms with Gasteiger partial charge in [0.1, 0.15) is 6.10 Å². The first kappa shape index (κ1) is 12.6. The van der Waals surface area contributed by atoms with Crippen LogP contribution in [-0.2, 0) is 0 Å². The van der Waals surface area contributed by atoms with Crippen molar-refractivity contribution < 1.29 is 5.11 Å². The maximum absolute atomic E-state index is 10.3. The van der Waals surface area contributed by atoms with Crippen LogP contribution in [-0.4, -0.2) is 5.11 Å². The zero-order valence-electron chi connectivity index (χ0n) is 9.32. The summed E-state index contributed by atoms with van der Waals surface area (Å²) in [5.74, 6) is 0. The third-order valence-electron chi connectivity index (χ3n) is 2.69. The minimum absolute atomic E-state index is 0.621. The van der Waals surface area contributed by atoms with Crippen molar-refractivity contribution in [3.05, 3.63) is 68.7 Å². The van der Waals surface area contributed by atoms with Crippen molar-refractivity contribution in [1.82, 2.24) is 0 Å². The number of hydrogen-bond acceptors (Lipinski definition) is 1. The Kier molecular flexibility index (Phi) is 3.87. The van der Waals surface area contributed by atoms with Crippen molar-refractivity contribution in [3.8, 4) is 0 Å². The Hall–Kier alpha value is -0.830. The number of halogens is 2. The molecular formula is C14H12BrClO. The lowest BCUT2D eigenvalue weighted by atomic mass is 9.98. The van der Waals surface area contributed by atoms with E-state index in [0.717, 1.165) is 21.2 Å². The molecule has 1 atom stereocenters. The molecule has 2 aromatic rings. The highest BCUT2D eigenvalue weighted by Gasteiger charge is 2.13. The fraction of sp³-hybridized carbons (Fsp3) is 0.143. The molecule has 1 N–H and O–H groups in total. The number of aliphatic hydroxyl groups is 1. The molecule has 0 saturated carbocycles. The van der Waals surface area contributed by atoms with Gasteiger partial charge in [-0.15, -0.1) is 0 Å². The standard InChI is InChI=1S/C14H12BrClO/c1-9-7-12(16)5-6-13(9)14(17)10-3-2-4-11(15)8-10/h2-8,14,17H,1H3. The van der Waals surface area contributed by atoms with Crippen LogP contribution in [0.2, 0.25) is 5.02 Å². The van der Waals surface area contributed by atoms with Crippen molar-refractivity contribution in [2.45, 2.75) is 13.0 Å². The van der Waals surface area contributed by atoms with Crippen LogP contribution in [0.1, 0.15) is 22.8 Å². The Morgan fingerprint density at radius 3 is 2.59 bits per heavy atom. The largest absolute Gasteiger partial charge is 0.384 e. The van der Waals surface area contributed by atoms with Crippen LogP contribution < -0.4 is 0 Å². The van der Waals surface area contributed by atoms with E-state index in [1.165, 1.54) is 0 Å². The number of aryl methyl sites for hydroxylation is 1. The van der Waals surface area contributed by atoms with Crippen LogP contribution in [0.3, 0.4) is 0 Å². The van der Waals surface area contributed by atoms with Gasteiger partial charge in [-0.2, -0.15) is 0 Å². The summed E-state index contributed by atoms with van der Waals surface area (Å²) in [4.78, 5) is 0. The van der Waals surface area contributed by atoms with Gasteiger partial charge >= 0.3 is 0 Å². The number of rotatable bonds is 2. The average Bonchev–Trinajstić information content (AvgIpc) is 2.28. The summed E-state index contributed by atoms with van der Waals surface area (Å²) in [6, 6.07) is 13.2. The van der Waals surface area contributed by atoms with Crippen molar-refractivity contribution in [1.29, 1.82) is 0 Å². The first-order valence-electron chi connectivity index (χ1n) is 5.27. The van der Waals surface area contributed by atoms with E-state index in [2.05, 4.69) is 15.9 Å². The maximum Gasteiger partial charge on any atom is 0.104 e. The second-order valence-electron chi connectivity index (χ2n) is 3.96. The summed E-state index contributed by atoms with van der Waals surface area (Å²) in [7, 11) is 0. The molecule has 0 fully saturated rings. The Bertz CT molecular complexity index is 539. The van der Waals surface area contributed by atoms with Gasteiger partial charge in [-0.3, -0.25) is 0 Å². The quantitative estimate of drug-likeness (QED) is 0.866. The van der Waals surface area contributed by atoms with Crippen LogP contribution in [0.15, 0.2) is 46.9 Å². The van der Waals surface area contributed by atoms with Gasteiger partial charge in [0.25, 0.3) is 0 Å². The van der Waals surface area contributed by atoms with E-state index in [9.17, 15) is 5.11 Å². The molecule has 0 heterocycles. The molecule has 0 aliphatic heterocycles. The molecule has 3 heteroatoms. The summed E-state index contributed by atoms with van der Waals surface area (Å²) in [6.07, 6.45) is -0.621. The minimum Gasteiger partial charge on any atom is -0.384 e. The smallest absolute Gasteiger partial charge is 0.104 e. The van der Waals surface area contributed by atoms with E-state index in [-0.39, 0.29) is 0 Å². The SMILES string of the molecule is Cc1cc(Cl)ccc1C(O)c1cccc(Br)c1. The lowest BCUT2D eigenvalue weighted by molar-refractivity contribution is 0.219. The molecule has 0 bridgehead atoms. The van der Waals surface area contributed by atoms with E-state index in [4.69, 9.17) is 11.6 Å². The molecule has 0 amide bonds. The molecule has 0 spiro atoms. The van der Waals surface area contributed by atoms with Gasteiger partial charge in [0.2, 0.25) is 0 Å². The fourth-order valence-corrected chi connectivity index (χ4v) is 2.45. The first-order chi connectivity index (χ1) is 8.08. The minimum atomic E-state index is -0.621. The molecule has 0 aliphatic rings. The van der Waals surface area contributed by atoms with E-state index >= 15 is 0 Å². The highest BCUT2D eigenvalue weighted by Crippen LogP contribution is 2.28. The van der Waals surface area contributed by atoms with Gasteiger partial charge in [0.05, 0.1) is 0 Å². The van der Waals surface area contributed by atoms with Crippen molar-refractivity contribution in [2.24, 2.45) is 0 Å². The van der Waals surface area contributed by atoms with Crippen molar-refractivity contribution in [3.63, 3.8) is 0 Å². The van der Waals surface area contributed by atoms with Gasteiger partial charge in [-0.1, -0.05) is 45.7 Å². The van der Waals surface area contributed by atoms with Crippen molar-refractivity contribution in [2.75, 3.05) is 0 Å². The van der Waals surface area contributed by atoms with Gasteiger partial charge in [-0.25, -0.2) is 0 Å². The molecule has 17 heavy (non-hydrogen) atoms. The third kappa shape index (κ3) is 2.89. The van der Waals surface area contributed by atoms with E-state index in [1.807, 2.05) is 43.3 Å². The Labute approximate surface area is 114 Å². The number of hydrogen-bond donors (Lipinski definition) is 1. The molecule has 2 rings (SSSR count). The summed E-state index contributed by atoms with van der Waals surface area (Å²) >= 11 is 9.30. The van der Waals surface area contributed by atoms with Gasteiger partial charge in [-0.05, 0) is 47.9 Å². The fourth-order valence-electron chi connectivity index (χ4n) is 1.80. The molecule has 88 valence electrons. The highest BCUT2D eigenvalue weighted by atomic mass is 79.9. The first-order valence-corrected chi connectivity index (χ1v) is 6.44. The van der Waals surface area contributed by atoms with E-state index < -0.39 is 6.10 Å².